The molecule has 2 heteroatoms. The van der Waals surface area contributed by atoms with Crippen LogP contribution in [0.25, 0.3) is 0 Å². The van der Waals surface area contributed by atoms with Gasteiger partial charge in [0.2, 0.25) is 0 Å². The van der Waals surface area contributed by atoms with Crippen molar-refractivity contribution in [3.8, 4) is 0 Å². The van der Waals surface area contributed by atoms with E-state index in [1.54, 1.807) is 0 Å². The van der Waals surface area contributed by atoms with E-state index in [-0.39, 0.29) is 0 Å². The van der Waals surface area contributed by atoms with Crippen LogP contribution < -0.4 is 5.73 Å². The van der Waals surface area contributed by atoms with Crippen LogP contribution in [-0.2, 0) is 12.0 Å². The normalized spacial score (nSPS) is 22.9. The first kappa shape index (κ1) is 12.2. The van der Waals surface area contributed by atoms with E-state index in [1.165, 1.54) is 56.3 Å². The Labute approximate surface area is 110 Å². The zero-order valence-electron chi connectivity index (χ0n) is 11.2. The van der Waals surface area contributed by atoms with E-state index in [1.807, 2.05) is 0 Å². The molecule has 0 unspecified atom stereocenters. The second-order valence-corrected chi connectivity index (χ2v) is 6.02. The van der Waals surface area contributed by atoms with Gasteiger partial charge in [-0.25, -0.2) is 0 Å². The van der Waals surface area contributed by atoms with Gasteiger partial charge in [0.1, 0.15) is 0 Å². The van der Waals surface area contributed by atoms with E-state index >= 15 is 0 Å². The number of hydrogen-bond donors (Lipinski definition) is 1. The van der Waals surface area contributed by atoms with Crippen molar-refractivity contribution in [3.63, 3.8) is 0 Å². The summed E-state index contributed by atoms with van der Waals surface area (Å²) >= 11 is 0. The minimum atomic E-state index is 0.331. The molecule has 2 N–H and O–H groups in total. The van der Waals surface area contributed by atoms with Crippen LogP contribution in [0.5, 0.6) is 0 Å². The molecule has 1 saturated carbocycles. The number of nitrogens with zero attached hydrogens (tertiary/aromatic N) is 1. The lowest BCUT2D eigenvalue weighted by Crippen LogP contribution is -2.29. The second kappa shape index (κ2) is 5.02. The highest BCUT2D eigenvalue weighted by molar-refractivity contribution is 5.35. The summed E-state index contributed by atoms with van der Waals surface area (Å²) in [5.41, 5.74) is 9.19. The predicted molar refractivity (Wildman–Crippen MR) is 75.5 cm³/mol. The van der Waals surface area contributed by atoms with Gasteiger partial charge >= 0.3 is 0 Å². The number of piperidine rings is 1. The fourth-order valence-electron chi connectivity index (χ4n) is 3.14. The Morgan fingerprint density at radius 3 is 2.56 bits per heavy atom. The second-order valence-electron chi connectivity index (χ2n) is 6.02. The minimum Gasteiger partial charge on any atom is -0.330 e. The molecule has 0 bridgehead atoms. The largest absolute Gasteiger partial charge is 0.330 e. The molecule has 98 valence electrons. The lowest BCUT2D eigenvalue weighted by molar-refractivity contribution is 0.221. The molecular weight excluding hydrogens is 220 g/mol. The van der Waals surface area contributed by atoms with E-state index in [2.05, 4.69) is 29.2 Å². The topological polar surface area (TPSA) is 29.3 Å². The molecule has 3 rings (SSSR count). The summed E-state index contributed by atoms with van der Waals surface area (Å²) in [5.74, 6) is 0. The van der Waals surface area contributed by atoms with E-state index in [0.29, 0.717) is 5.41 Å². The van der Waals surface area contributed by atoms with Gasteiger partial charge in [-0.05, 0) is 49.9 Å². The molecule has 18 heavy (non-hydrogen) atoms. The zero-order chi connectivity index (χ0) is 12.4. The zero-order valence-corrected chi connectivity index (χ0v) is 11.2. The smallest absolute Gasteiger partial charge is 0.0233 e. The van der Waals surface area contributed by atoms with Gasteiger partial charge in [0.05, 0.1) is 0 Å². The van der Waals surface area contributed by atoms with Gasteiger partial charge in [-0.2, -0.15) is 0 Å². The molecular formula is C16H24N2. The van der Waals surface area contributed by atoms with Crippen molar-refractivity contribution in [1.29, 1.82) is 0 Å². The third-order valence-electron chi connectivity index (χ3n) is 4.64. The van der Waals surface area contributed by atoms with E-state index in [9.17, 15) is 0 Å². The highest BCUT2D eigenvalue weighted by atomic mass is 15.1. The molecule has 0 radical (unpaired) electrons. The number of benzene rings is 1. The van der Waals surface area contributed by atoms with Crippen LogP contribution in [-0.4, -0.2) is 24.5 Å². The van der Waals surface area contributed by atoms with Crippen LogP contribution in [0.1, 0.15) is 43.2 Å². The fourth-order valence-corrected chi connectivity index (χ4v) is 3.14. The van der Waals surface area contributed by atoms with Crippen LogP contribution in [0.4, 0.5) is 0 Å². The number of nitrogens with two attached hydrogens (primary N) is 1. The summed E-state index contributed by atoms with van der Waals surface area (Å²) < 4.78 is 0. The Kier molecular flexibility index (Phi) is 3.40. The quantitative estimate of drug-likeness (QED) is 0.882. The minimum absolute atomic E-state index is 0.331. The average molecular weight is 244 g/mol. The van der Waals surface area contributed by atoms with E-state index < -0.39 is 0 Å². The summed E-state index contributed by atoms with van der Waals surface area (Å²) in [6.45, 7) is 4.47. The number of likely N-dealkylation sites (tertiary alicyclic amines) is 1. The van der Waals surface area contributed by atoms with Gasteiger partial charge in [0, 0.05) is 18.5 Å². The van der Waals surface area contributed by atoms with Crippen LogP contribution in [0.2, 0.25) is 0 Å². The molecule has 1 aromatic carbocycles. The van der Waals surface area contributed by atoms with Gasteiger partial charge in [-0.3, -0.25) is 4.90 Å². The summed E-state index contributed by atoms with van der Waals surface area (Å²) in [4.78, 5) is 2.59. The van der Waals surface area contributed by atoms with Crippen molar-refractivity contribution < 1.29 is 0 Å². The molecule has 0 atom stereocenters. The molecule has 1 saturated heterocycles. The van der Waals surface area contributed by atoms with E-state index in [0.717, 1.165) is 13.1 Å². The molecule has 1 heterocycles. The maximum Gasteiger partial charge on any atom is 0.0233 e. The summed E-state index contributed by atoms with van der Waals surface area (Å²) in [6, 6.07) is 9.14. The molecule has 1 aromatic rings. The molecule has 2 aliphatic rings. The van der Waals surface area contributed by atoms with Crippen molar-refractivity contribution in [2.45, 2.75) is 44.1 Å². The van der Waals surface area contributed by atoms with Gasteiger partial charge in [0.25, 0.3) is 0 Å². The standard InChI is InChI=1S/C16H24N2/c17-13-16(7-8-16)15-6-4-5-14(11-15)12-18-9-2-1-3-10-18/h4-6,11H,1-3,7-10,12-13,17H2. The Balaban J connectivity index is 1.70. The van der Waals surface area contributed by atoms with E-state index in [4.69, 9.17) is 5.73 Å². The maximum absolute atomic E-state index is 5.92. The first-order valence-corrected chi connectivity index (χ1v) is 7.34. The fraction of sp³-hybridized carbons (Fsp3) is 0.625. The first-order chi connectivity index (χ1) is 8.82. The average Bonchev–Trinajstić information content (AvgIpc) is 3.21. The van der Waals surface area contributed by atoms with Crippen molar-refractivity contribution >= 4 is 0 Å². The molecule has 1 aliphatic carbocycles. The van der Waals surface area contributed by atoms with Crippen LogP contribution in [0.15, 0.2) is 24.3 Å². The maximum atomic E-state index is 5.92. The van der Waals surface area contributed by atoms with Crippen LogP contribution in [0, 0.1) is 0 Å². The lowest BCUT2D eigenvalue weighted by atomic mass is 9.94. The third kappa shape index (κ3) is 2.45. The molecule has 1 aliphatic heterocycles. The summed E-state index contributed by atoms with van der Waals surface area (Å²) in [6.07, 6.45) is 6.69. The highest BCUT2D eigenvalue weighted by Gasteiger charge is 2.42. The lowest BCUT2D eigenvalue weighted by Gasteiger charge is -2.26. The monoisotopic (exact) mass is 244 g/mol. The molecule has 0 amide bonds. The molecule has 0 spiro atoms. The predicted octanol–water partition coefficient (Wildman–Crippen LogP) is 2.66. The Hall–Kier alpha value is -0.860. The molecule has 2 fully saturated rings. The van der Waals surface area contributed by atoms with Crippen molar-refractivity contribution in [2.24, 2.45) is 5.73 Å². The Morgan fingerprint density at radius 2 is 1.89 bits per heavy atom. The van der Waals surface area contributed by atoms with Crippen LogP contribution in [0.3, 0.4) is 0 Å². The molecule has 0 aromatic heterocycles. The summed E-state index contributed by atoms with van der Waals surface area (Å²) in [5, 5.41) is 0. The van der Waals surface area contributed by atoms with Gasteiger partial charge in [0.15, 0.2) is 0 Å². The molecule has 2 nitrogen and oxygen atoms in total. The number of hydrogen-bond acceptors (Lipinski definition) is 2. The van der Waals surface area contributed by atoms with Crippen LogP contribution >= 0.6 is 0 Å². The van der Waals surface area contributed by atoms with Gasteiger partial charge in [-0.15, -0.1) is 0 Å². The Bertz CT molecular complexity index is 403. The third-order valence-corrected chi connectivity index (χ3v) is 4.64. The van der Waals surface area contributed by atoms with Crippen molar-refractivity contribution in [2.75, 3.05) is 19.6 Å². The number of rotatable bonds is 4. The summed E-state index contributed by atoms with van der Waals surface area (Å²) in [7, 11) is 0. The van der Waals surface area contributed by atoms with Crippen molar-refractivity contribution in [1.82, 2.24) is 4.90 Å². The SMILES string of the molecule is NCC1(c2cccc(CN3CCCCC3)c2)CC1. The van der Waals surface area contributed by atoms with Gasteiger partial charge in [-0.1, -0.05) is 30.7 Å². The Morgan fingerprint density at radius 1 is 1.11 bits per heavy atom. The first-order valence-electron chi connectivity index (χ1n) is 7.34. The highest BCUT2D eigenvalue weighted by Crippen LogP contribution is 2.47. The van der Waals surface area contributed by atoms with Crippen molar-refractivity contribution in [3.05, 3.63) is 35.4 Å². The van der Waals surface area contributed by atoms with Gasteiger partial charge < -0.3 is 5.73 Å².